The van der Waals surface area contributed by atoms with Crippen LogP contribution < -0.4 is 10.6 Å². The van der Waals surface area contributed by atoms with Gasteiger partial charge in [0.05, 0.1) is 6.04 Å². The highest BCUT2D eigenvalue weighted by Gasteiger charge is 2.48. The van der Waals surface area contributed by atoms with Crippen molar-refractivity contribution >= 4 is 11.8 Å². The minimum Gasteiger partial charge on any atom is -0.352 e. The summed E-state index contributed by atoms with van der Waals surface area (Å²) in [6.07, 6.45) is 6.86. The summed E-state index contributed by atoms with van der Waals surface area (Å²) in [5, 5.41) is 6.78. The second-order valence-electron chi connectivity index (χ2n) is 10.7. The van der Waals surface area contributed by atoms with E-state index in [4.69, 9.17) is 0 Å². The summed E-state index contributed by atoms with van der Waals surface area (Å²) in [5.41, 5.74) is 0. The molecule has 2 bridgehead atoms. The zero-order valence-corrected chi connectivity index (χ0v) is 18.4. The van der Waals surface area contributed by atoms with Gasteiger partial charge in [-0.05, 0) is 57.3 Å². The van der Waals surface area contributed by atoms with Crippen molar-refractivity contribution in [2.75, 3.05) is 13.1 Å². The van der Waals surface area contributed by atoms with Gasteiger partial charge in [0.25, 0.3) is 0 Å². The minimum absolute atomic E-state index is 0.00650. The van der Waals surface area contributed by atoms with Crippen LogP contribution in [0.1, 0.15) is 65.2 Å². The second kappa shape index (κ2) is 8.05. The van der Waals surface area contributed by atoms with Crippen molar-refractivity contribution in [3.8, 4) is 0 Å². The predicted octanol–water partition coefficient (Wildman–Crippen LogP) is 1.83. The van der Waals surface area contributed by atoms with Gasteiger partial charge in [0.15, 0.2) is 0 Å². The maximum absolute atomic E-state index is 14.4. The molecule has 7 heteroatoms. The molecule has 0 aromatic rings. The molecule has 2 aliphatic carbocycles. The number of carbonyl (C=O) groups is 2. The van der Waals surface area contributed by atoms with Crippen molar-refractivity contribution in [2.24, 2.45) is 11.8 Å². The van der Waals surface area contributed by atoms with E-state index in [0.717, 1.165) is 45.2 Å². The van der Waals surface area contributed by atoms with E-state index in [-0.39, 0.29) is 35.9 Å². The lowest BCUT2D eigenvalue weighted by Crippen LogP contribution is -2.55. The van der Waals surface area contributed by atoms with E-state index in [0.29, 0.717) is 36.9 Å². The Labute approximate surface area is 179 Å². The first-order valence-corrected chi connectivity index (χ1v) is 12.1. The van der Waals surface area contributed by atoms with Crippen LogP contribution in [0, 0.1) is 11.8 Å². The van der Waals surface area contributed by atoms with Crippen LogP contribution in [0.5, 0.6) is 0 Å². The normalized spacial score (nSPS) is 46.1. The molecule has 5 rings (SSSR count). The predicted molar refractivity (Wildman–Crippen MR) is 113 cm³/mol. The number of halogens is 1. The second-order valence-corrected chi connectivity index (χ2v) is 10.7. The van der Waals surface area contributed by atoms with E-state index < -0.39 is 6.17 Å². The maximum atomic E-state index is 14.4. The van der Waals surface area contributed by atoms with Gasteiger partial charge in [0, 0.05) is 56.1 Å². The van der Waals surface area contributed by atoms with Gasteiger partial charge in [-0.15, -0.1) is 0 Å². The SMILES string of the molecule is CC(=O)N1CC2CC1CN2[C@@H]1CCC[C@@H](NC(=O)C2CC3C(F)CCC(C)C3N2)C1. The molecule has 0 aromatic heterocycles. The van der Waals surface area contributed by atoms with Crippen LogP contribution in [0.15, 0.2) is 0 Å². The largest absolute Gasteiger partial charge is 0.352 e. The van der Waals surface area contributed by atoms with Gasteiger partial charge in [0.1, 0.15) is 6.17 Å². The van der Waals surface area contributed by atoms with E-state index >= 15 is 0 Å². The number of nitrogens with one attached hydrogen (secondary N) is 2. The Morgan fingerprint density at radius 1 is 1.00 bits per heavy atom. The summed E-state index contributed by atoms with van der Waals surface area (Å²) in [6, 6.07) is 1.48. The molecule has 2 amide bonds. The van der Waals surface area contributed by atoms with Gasteiger partial charge in [0.2, 0.25) is 11.8 Å². The number of carbonyl (C=O) groups excluding carboxylic acids is 2. The molecule has 0 spiro atoms. The van der Waals surface area contributed by atoms with Crippen molar-refractivity contribution < 1.29 is 14.0 Å². The molecule has 30 heavy (non-hydrogen) atoms. The first-order valence-electron chi connectivity index (χ1n) is 12.1. The number of nitrogens with zero attached hydrogens (tertiary/aromatic N) is 2. The number of hydrogen-bond acceptors (Lipinski definition) is 4. The van der Waals surface area contributed by atoms with E-state index in [2.05, 4.69) is 22.5 Å². The lowest BCUT2D eigenvalue weighted by Gasteiger charge is -2.42. The summed E-state index contributed by atoms with van der Waals surface area (Å²) in [7, 11) is 0. The van der Waals surface area contributed by atoms with Gasteiger partial charge in [-0.2, -0.15) is 0 Å². The summed E-state index contributed by atoms with van der Waals surface area (Å²) in [5.74, 6) is 0.706. The molecular formula is C23H37FN4O2. The molecule has 0 aromatic carbocycles. The molecule has 7 unspecified atom stereocenters. The lowest BCUT2D eigenvalue weighted by atomic mass is 9.77. The third-order valence-electron chi connectivity index (χ3n) is 8.80. The molecule has 3 saturated heterocycles. The Morgan fingerprint density at radius 2 is 1.83 bits per heavy atom. The zero-order valence-electron chi connectivity index (χ0n) is 18.4. The Bertz CT molecular complexity index is 672. The van der Waals surface area contributed by atoms with Crippen molar-refractivity contribution in [1.29, 1.82) is 0 Å². The molecule has 6 nitrogen and oxygen atoms in total. The molecule has 9 atom stereocenters. The smallest absolute Gasteiger partial charge is 0.237 e. The summed E-state index contributed by atoms with van der Waals surface area (Å²) in [6.45, 7) is 5.71. The van der Waals surface area contributed by atoms with Gasteiger partial charge < -0.3 is 15.5 Å². The van der Waals surface area contributed by atoms with Crippen molar-refractivity contribution in [1.82, 2.24) is 20.4 Å². The fraction of sp³-hybridized carbons (Fsp3) is 0.913. The number of rotatable bonds is 3. The monoisotopic (exact) mass is 420 g/mol. The fourth-order valence-electron chi connectivity index (χ4n) is 7.23. The minimum atomic E-state index is -0.768. The highest BCUT2D eigenvalue weighted by Crippen LogP contribution is 2.39. The van der Waals surface area contributed by atoms with Crippen LogP contribution in [0.25, 0.3) is 0 Å². The number of amides is 2. The number of fused-ring (bicyclic) bond motifs is 3. The first-order chi connectivity index (χ1) is 14.4. The third-order valence-corrected chi connectivity index (χ3v) is 8.80. The number of piperazine rings is 1. The Hall–Kier alpha value is -1.21. The fourth-order valence-corrected chi connectivity index (χ4v) is 7.23. The van der Waals surface area contributed by atoms with Crippen molar-refractivity contribution in [2.45, 2.75) is 108 Å². The number of hydrogen-bond donors (Lipinski definition) is 2. The van der Waals surface area contributed by atoms with Crippen LogP contribution in [-0.2, 0) is 9.59 Å². The van der Waals surface area contributed by atoms with E-state index in [1.165, 1.54) is 6.42 Å². The molecule has 168 valence electrons. The standard InChI is InChI=1S/C23H37FN4O2/c1-13-6-7-20(24)19-10-21(26-22(13)19)23(30)25-15-4-3-5-16(8-15)28-12-17-9-18(28)11-27(17)14(2)29/h13,15-22,26H,3-12H2,1-2H3,(H,25,30)/t13?,15-,16-,17?,18?,19?,20?,21?,22?/m1/s1. The van der Waals surface area contributed by atoms with E-state index in [9.17, 15) is 14.0 Å². The molecule has 2 N–H and O–H groups in total. The highest BCUT2D eigenvalue weighted by atomic mass is 19.1. The molecule has 5 aliphatic rings. The molecule has 3 heterocycles. The highest BCUT2D eigenvalue weighted by molar-refractivity contribution is 5.82. The van der Waals surface area contributed by atoms with Gasteiger partial charge in [-0.25, -0.2) is 4.39 Å². The molecule has 5 fully saturated rings. The van der Waals surface area contributed by atoms with Crippen molar-refractivity contribution in [3.05, 3.63) is 0 Å². The molecule has 2 saturated carbocycles. The summed E-state index contributed by atoms with van der Waals surface area (Å²) < 4.78 is 14.4. The number of alkyl halides is 1. The molecular weight excluding hydrogens is 383 g/mol. The maximum Gasteiger partial charge on any atom is 0.237 e. The van der Waals surface area contributed by atoms with Crippen LogP contribution in [0.3, 0.4) is 0 Å². The third kappa shape index (κ3) is 3.66. The number of likely N-dealkylation sites (tertiary alicyclic amines) is 2. The van der Waals surface area contributed by atoms with E-state index in [1.807, 2.05) is 4.90 Å². The average molecular weight is 421 g/mol. The Balaban J connectivity index is 1.15. The van der Waals surface area contributed by atoms with Gasteiger partial charge in [-0.1, -0.05) is 6.92 Å². The zero-order chi connectivity index (χ0) is 21.0. The summed E-state index contributed by atoms with van der Waals surface area (Å²) in [4.78, 5) is 29.4. The molecule has 0 radical (unpaired) electrons. The molecule has 3 aliphatic heterocycles. The Morgan fingerprint density at radius 3 is 2.53 bits per heavy atom. The first kappa shape index (κ1) is 20.7. The van der Waals surface area contributed by atoms with Crippen LogP contribution in [0.2, 0.25) is 0 Å². The van der Waals surface area contributed by atoms with Crippen LogP contribution >= 0.6 is 0 Å². The van der Waals surface area contributed by atoms with Crippen LogP contribution in [0.4, 0.5) is 4.39 Å². The average Bonchev–Trinajstić information content (AvgIpc) is 3.45. The summed E-state index contributed by atoms with van der Waals surface area (Å²) >= 11 is 0. The van der Waals surface area contributed by atoms with Gasteiger partial charge >= 0.3 is 0 Å². The topological polar surface area (TPSA) is 64.7 Å². The van der Waals surface area contributed by atoms with E-state index in [1.54, 1.807) is 6.92 Å². The quantitative estimate of drug-likeness (QED) is 0.731. The van der Waals surface area contributed by atoms with Crippen LogP contribution in [-0.4, -0.2) is 77.1 Å². The van der Waals surface area contributed by atoms with Gasteiger partial charge in [-0.3, -0.25) is 14.5 Å². The Kier molecular flexibility index (Phi) is 5.55. The van der Waals surface area contributed by atoms with Crippen molar-refractivity contribution in [3.63, 3.8) is 0 Å². The lowest BCUT2D eigenvalue weighted by molar-refractivity contribution is -0.131.